The molecule has 4 rings (SSSR count). The quantitative estimate of drug-likeness (QED) is 0.524. The van der Waals surface area contributed by atoms with Crippen LogP contribution in [0.2, 0.25) is 0 Å². The minimum Gasteiger partial charge on any atom is -0.425 e. The van der Waals surface area contributed by atoms with Crippen LogP contribution in [0.3, 0.4) is 0 Å². The molecule has 0 N–H and O–H groups in total. The van der Waals surface area contributed by atoms with Crippen LogP contribution in [0.25, 0.3) is 10.9 Å². The van der Waals surface area contributed by atoms with Gasteiger partial charge in [0.2, 0.25) is 5.91 Å². The average molecular weight is 363 g/mol. The van der Waals surface area contributed by atoms with Crippen molar-refractivity contribution in [3.63, 3.8) is 0 Å². The Balaban J connectivity index is 1.51. The van der Waals surface area contributed by atoms with Crippen LogP contribution in [0.15, 0.2) is 59.7 Å². The Hall–Kier alpha value is -3.48. The van der Waals surface area contributed by atoms with Crippen molar-refractivity contribution in [2.45, 2.75) is 19.4 Å². The molecule has 1 aliphatic rings. The van der Waals surface area contributed by atoms with Gasteiger partial charge >= 0.3 is 5.97 Å². The number of ether oxygens (including phenoxy) is 1. The van der Waals surface area contributed by atoms with Gasteiger partial charge in [0.25, 0.3) is 5.56 Å². The van der Waals surface area contributed by atoms with Gasteiger partial charge < -0.3 is 9.64 Å². The molecule has 7 nitrogen and oxygen atoms in total. The van der Waals surface area contributed by atoms with E-state index in [1.165, 1.54) is 10.9 Å². The summed E-state index contributed by atoms with van der Waals surface area (Å²) >= 11 is 0. The van der Waals surface area contributed by atoms with Crippen LogP contribution in [0.5, 0.6) is 5.75 Å². The van der Waals surface area contributed by atoms with Crippen molar-refractivity contribution in [2.75, 3.05) is 11.4 Å². The number of aromatic nitrogens is 2. The van der Waals surface area contributed by atoms with Crippen LogP contribution < -0.4 is 15.2 Å². The summed E-state index contributed by atoms with van der Waals surface area (Å²) in [4.78, 5) is 42.5. The molecule has 27 heavy (non-hydrogen) atoms. The number of rotatable bonds is 4. The molecule has 1 aromatic heterocycles. The molecule has 0 bridgehead atoms. The van der Waals surface area contributed by atoms with E-state index in [4.69, 9.17) is 4.74 Å². The number of amides is 1. The predicted molar refractivity (Wildman–Crippen MR) is 99.7 cm³/mol. The van der Waals surface area contributed by atoms with Crippen LogP contribution in [-0.2, 0) is 16.1 Å². The Morgan fingerprint density at radius 3 is 2.78 bits per heavy atom. The third kappa shape index (κ3) is 3.44. The minimum atomic E-state index is -0.584. The second-order valence-electron chi connectivity index (χ2n) is 6.32. The summed E-state index contributed by atoms with van der Waals surface area (Å²) in [5, 5.41) is 0.447. The highest BCUT2D eigenvalue weighted by molar-refractivity contribution is 5.95. The first-order valence-corrected chi connectivity index (χ1v) is 8.67. The Bertz CT molecular complexity index is 1090. The molecule has 1 amide bonds. The zero-order chi connectivity index (χ0) is 18.8. The lowest BCUT2D eigenvalue weighted by Gasteiger charge is -2.16. The summed E-state index contributed by atoms with van der Waals surface area (Å²) in [7, 11) is 0. The molecule has 2 aromatic carbocycles. The first-order valence-electron chi connectivity index (χ1n) is 8.67. The zero-order valence-electron chi connectivity index (χ0n) is 14.5. The molecule has 1 aliphatic heterocycles. The molecule has 136 valence electrons. The SMILES string of the molecule is O=C(Cn1cnc2ccccc2c1=O)Oc1cccc(N2CCCC2=O)c1. The Kier molecular flexibility index (Phi) is 4.42. The molecule has 0 unspecified atom stereocenters. The highest BCUT2D eigenvalue weighted by Gasteiger charge is 2.22. The van der Waals surface area contributed by atoms with Gasteiger partial charge in [-0.1, -0.05) is 18.2 Å². The van der Waals surface area contributed by atoms with E-state index in [0.717, 1.165) is 6.42 Å². The Labute approximate surface area is 154 Å². The predicted octanol–water partition coefficient (Wildman–Crippen LogP) is 2.13. The number of esters is 1. The van der Waals surface area contributed by atoms with E-state index in [2.05, 4.69) is 4.98 Å². The van der Waals surface area contributed by atoms with Crippen molar-refractivity contribution in [3.8, 4) is 5.75 Å². The van der Waals surface area contributed by atoms with E-state index in [9.17, 15) is 14.4 Å². The number of benzene rings is 2. The maximum absolute atomic E-state index is 12.5. The fraction of sp³-hybridized carbons (Fsp3) is 0.200. The molecule has 2 heterocycles. The van der Waals surface area contributed by atoms with Crippen molar-refractivity contribution in [1.29, 1.82) is 0 Å². The molecule has 1 saturated heterocycles. The summed E-state index contributed by atoms with van der Waals surface area (Å²) < 4.78 is 6.58. The fourth-order valence-corrected chi connectivity index (χ4v) is 3.16. The van der Waals surface area contributed by atoms with Gasteiger partial charge in [-0.3, -0.25) is 14.2 Å². The molecular weight excluding hydrogens is 346 g/mol. The maximum Gasteiger partial charge on any atom is 0.331 e. The number of para-hydroxylation sites is 1. The van der Waals surface area contributed by atoms with E-state index in [1.807, 2.05) is 0 Å². The Morgan fingerprint density at radius 2 is 1.96 bits per heavy atom. The average Bonchev–Trinajstić information content (AvgIpc) is 3.10. The number of hydrogen-bond acceptors (Lipinski definition) is 5. The Morgan fingerprint density at radius 1 is 1.11 bits per heavy atom. The minimum absolute atomic E-state index is 0.0623. The van der Waals surface area contributed by atoms with Crippen LogP contribution in [0.1, 0.15) is 12.8 Å². The number of hydrogen-bond donors (Lipinski definition) is 0. The second kappa shape index (κ2) is 7.03. The number of carbonyl (C=O) groups excluding carboxylic acids is 2. The summed E-state index contributed by atoms with van der Waals surface area (Å²) in [5.74, 6) is -0.189. The van der Waals surface area contributed by atoms with Crippen LogP contribution in [0, 0.1) is 0 Å². The number of nitrogens with zero attached hydrogens (tertiary/aromatic N) is 3. The third-order valence-electron chi connectivity index (χ3n) is 4.47. The molecule has 3 aromatic rings. The van der Waals surface area contributed by atoms with E-state index < -0.39 is 5.97 Å². The van der Waals surface area contributed by atoms with Gasteiger partial charge in [0.05, 0.1) is 17.2 Å². The van der Waals surface area contributed by atoms with Gasteiger partial charge in [0, 0.05) is 24.7 Å². The van der Waals surface area contributed by atoms with Gasteiger partial charge in [0.15, 0.2) is 0 Å². The highest BCUT2D eigenvalue weighted by atomic mass is 16.5. The van der Waals surface area contributed by atoms with E-state index in [0.29, 0.717) is 35.3 Å². The first kappa shape index (κ1) is 17.0. The zero-order valence-corrected chi connectivity index (χ0v) is 14.5. The lowest BCUT2D eigenvalue weighted by Crippen LogP contribution is -2.27. The van der Waals surface area contributed by atoms with Gasteiger partial charge in [-0.25, -0.2) is 9.78 Å². The van der Waals surface area contributed by atoms with Gasteiger partial charge in [-0.05, 0) is 30.7 Å². The topological polar surface area (TPSA) is 81.5 Å². The molecule has 0 atom stereocenters. The third-order valence-corrected chi connectivity index (χ3v) is 4.47. The van der Waals surface area contributed by atoms with Gasteiger partial charge in [0.1, 0.15) is 12.3 Å². The van der Waals surface area contributed by atoms with Crippen molar-refractivity contribution in [2.24, 2.45) is 0 Å². The second-order valence-corrected chi connectivity index (χ2v) is 6.32. The summed E-state index contributed by atoms with van der Waals surface area (Å²) in [6.45, 7) is 0.415. The molecule has 0 spiro atoms. The van der Waals surface area contributed by atoms with Crippen LogP contribution in [-0.4, -0.2) is 28.0 Å². The van der Waals surface area contributed by atoms with E-state index in [-0.39, 0.29) is 18.0 Å². The molecule has 0 radical (unpaired) electrons. The smallest absolute Gasteiger partial charge is 0.331 e. The standard InChI is InChI=1S/C20H17N3O4/c24-18-9-4-10-23(18)14-5-3-6-15(11-14)27-19(25)12-22-13-21-17-8-2-1-7-16(17)20(22)26/h1-3,5-8,11,13H,4,9-10,12H2. The highest BCUT2D eigenvalue weighted by Crippen LogP contribution is 2.25. The van der Waals surface area contributed by atoms with Gasteiger partial charge in [-0.2, -0.15) is 0 Å². The summed E-state index contributed by atoms with van der Waals surface area (Å²) in [5.41, 5.74) is 0.983. The number of fused-ring (bicyclic) bond motifs is 1. The molecule has 1 fully saturated rings. The number of anilines is 1. The lowest BCUT2D eigenvalue weighted by atomic mass is 10.2. The molecule has 7 heteroatoms. The normalized spacial score (nSPS) is 13.9. The first-order chi connectivity index (χ1) is 13.1. The molecular formula is C20H17N3O4. The largest absolute Gasteiger partial charge is 0.425 e. The summed E-state index contributed by atoms with van der Waals surface area (Å²) in [6, 6.07) is 13.8. The number of carbonyl (C=O) groups is 2. The van der Waals surface area contributed by atoms with Crippen LogP contribution >= 0.6 is 0 Å². The van der Waals surface area contributed by atoms with Crippen LogP contribution in [0.4, 0.5) is 5.69 Å². The summed E-state index contributed by atoms with van der Waals surface area (Å²) in [6.07, 6.45) is 2.69. The monoisotopic (exact) mass is 363 g/mol. The van der Waals surface area contributed by atoms with E-state index >= 15 is 0 Å². The molecule has 0 aliphatic carbocycles. The van der Waals surface area contributed by atoms with Crippen molar-refractivity contribution >= 4 is 28.5 Å². The van der Waals surface area contributed by atoms with Crippen molar-refractivity contribution < 1.29 is 14.3 Å². The fourth-order valence-electron chi connectivity index (χ4n) is 3.16. The van der Waals surface area contributed by atoms with E-state index in [1.54, 1.807) is 53.4 Å². The molecule has 0 saturated carbocycles. The van der Waals surface area contributed by atoms with Crippen molar-refractivity contribution in [3.05, 3.63) is 65.2 Å². The lowest BCUT2D eigenvalue weighted by molar-refractivity contribution is -0.135. The maximum atomic E-state index is 12.5. The van der Waals surface area contributed by atoms with Gasteiger partial charge in [-0.15, -0.1) is 0 Å². The van der Waals surface area contributed by atoms with Crippen molar-refractivity contribution in [1.82, 2.24) is 9.55 Å².